The number of ether oxygens (including phenoxy) is 1. The van der Waals surface area contributed by atoms with Crippen LogP contribution in [0.1, 0.15) is 31.9 Å². The molecule has 3 rings (SSSR count). The van der Waals surface area contributed by atoms with Gasteiger partial charge in [-0.25, -0.2) is 18.0 Å². The third kappa shape index (κ3) is 3.99. The number of allylic oxidation sites excluding steroid dienone is 1. The maximum Gasteiger partial charge on any atom is 0.338 e. The number of benzene rings is 1. The minimum atomic E-state index is -3.21. The Morgan fingerprint density at radius 3 is 2.64 bits per heavy atom. The molecule has 1 aromatic carbocycles. The summed E-state index contributed by atoms with van der Waals surface area (Å²) in [6.07, 6.45) is 0.315. The minimum absolute atomic E-state index is 0.00983. The zero-order valence-corrected chi connectivity index (χ0v) is 17.7. The van der Waals surface area contributed by atoms with Crippen molar-refractivity contribution in [1.82, 2.24) is 10.2 Å². The van der Waals surface area contributed by atoms with Crippen molar-refractivity contribution in [3.8, 4) is 0 Å². The molecule has 1 saturated heterocycles. The van der Waals surface area contributed by atoms with Crippen LogP contribution in [-0.2, 0) is 19.4 Å². The topological polar surface area (TPSA) is 92.8 Å². The number of urea groups is 1. The van der Waals surface area contributed by atoms with E-state index >= 15 is 0 Å². The first-order chi connectivity index (χ1) is 13.1. The molecule has 1 fully saturated rings. The van der Waals surface area contributed by atoms with Crippen LogP contribution in [0.2, 0.25) is 10.0 Å². The molecule has 0 spiro atoms. The van der Waals surface area contributed by atoms with E-state index in [2.05, 4.69) is 5.32 Å². The molecule has 1 N–H and O–H groups in total. The van der Waals surface area contributed by atoms with E-state index in [1.54, 1.807) is 26.0 Å². The number of carbonyl (C=O) groups is 2. The SMILES string of the molecule is CCOC(=O)C1=C(C)N([C@@H]2CCS(=O)(=O)C2)C(=O)N[C@@H]1c1ccc(Cl)cc1Cl. The highest BCUT2D eigenvalue weighted by Gasteiger charge is 2.43. The summed E-state index contributed by atoms with van der Waals surface area (Å²) < 4.78 is 29.0. The van der Waals surface area contributed by atoms with Crippen LogP contribution in [0.25, 0.3) is 0 Å². The Labute approximate surface area is 173 Å². The Morgan fingerprint density at radius 2 is 2.07 bits per heavy atom. The molecule has 0 aromatic heterocycles. The van der Waals surface area contributed by atoms with Gasteiger partial charge < -0.3 is 10.1 Å². The van der Waals surface area contributed by atoms with Gasteiger partial charge in [-0.2, -0.15) is 0 Å². The second kappa shape index (κ2) is 7.93. The van der Waals surface area contributed by atoms with Gasteiger partial charge in [0.15, 0.2) is 9.84 Å². The molecule has 0 radical (unpaired) electrons. The van der Waals surface area contributed by atoms with Gasteiger partial charge in [0.25, 0.3) is 0 Å². The Morgan fingerprint density at radius 1 is 1.36 bits per heavy atom. The van der Waals surface area contributed by atoms with Gasteiger partial charge in [-0.3, -0.25) is 4.90 Å². The zero-order chi connectivity index (χ0) is 20.6. The van der Waals surface area contributed by atoms with Crippen LogP contribution in [0, 0.1) is 0 Å². The molecule has 0 saturated carbocycles. The fourth-order valence-electron chi connectivity index (χ4n) is 3.62. The summed E-state index contributed by atoms with van der Waals surface area (Å²) in [6.45, 7) is 3.45. The number of carbonyl (C=O) groups excluding carboxylic acids is 2. The molecule has 2 aliphatic heterocycles. The van der Waals surface area contributed by atoms with E-state index in [1.807, 2.05) is 0 Å². The van der Waals surface area contributed by atoms with Gasteiger partial charge in [0, 0.05) is 15.7 Å². The van der Waals surface area contributed by atoms with Crippen molar-refractivity contribution in [3.63, 3.8) is 0 Å². The van der Waals surface area contributed by atoms with Gasteiger partial charge in [-0.05, 0) is 38.0 Å². The number of rotatable bonds is 4. The first kappa shape index (κ1) is 21.0. The number of esters is 1. The normalized spacial score (nSPS) is 24.3. The number of nitrogens with one attached hydrogen (secondary N) is 1. The van der Waals surface area contributed by atoms with Crippen LogP contribution >= 0.6 is 23.2 Å². The smallest absolute Gasteiger partial charge is 0.338 e. The second-order valence-corrected chi connectivity index (χ2v) is 9.77. The average molecular weight is 447 g/mol. The van der Waals surface area contributed by atoms with Crippen LogP contribution < -0.4 is 5.32 Å². The van der Waals surface area contributed by atoms with Crippen molar-refractivity contribution in [2.24, 2.45) is 0 Å². The Balaban J connectivity index is 2.09. The van der Waals surface area contributed by atoms with Gasteiger partial charge in [0.2, 0.25) is 0 Å². The van der Waals surface area contributed by atoms with Crippen LogP contribution in [0.3, 0.4) is 0 Å². The van der Waals surface area contributed by atoms with E-state index in [4.69, 9.17) is 27.9 Å². The summed E-state index contributed by atoms with van der Waals surface area (Å²) in [5.41, 5.74) is 1.08. The minimum Gasteiger partial charge on any atom is -0.463 e. The number of hydrogen-bond acceptors (Lipinski definition) is 5. The Kier molecular flexibility index (Phi) is 5.93. The van der Waals surface area contributed by atoms with Crippen LogP contribution in [0.5, 0.6) is 0 Å². The Bertz CT molecular complexity index is 961. The monoisotopic (exact) mass is 446 g/mol. The molecule has 0 bridgehead atoms. The van der Waals surface area contributed by atoms with Gasteiger partial charge in [-0.1, -0.05) is 29.3 Å². The lowest BCUT2D eigenvalue weighted by Crippen LogP contribution is -2.52. The summed E-state index contributed by atoms with van der Waals surface area (Å²) in [5, 5.41) is 3.49. The molecule has 0 unspecified atom stereocenters. The number of sulfone groups is 1. The van der Waals surface area contributed by atoms with Crippen molar-refractivity contribution >= 4 is 45.0 Å². The first-order valence-corrected chi connectivity index (χ1v) is 11.4. The summed E-state index contributed by atoms with van der Waals surface area (Å²) in [7, 11) is -3.21. The largest absolute Gasteiger partial charge is 0.463 e. The highest BCUT2D eigenvalue weighted by molar-refractivity contribution is 7.91. The quantitative estimate of drug-likeness (QED) is 0.717. The van der Waals surface area contributed by atoms with Gasteiger partial charge >= 0.3 is 12.0 Å². The van der Waals surface area contributed by atoms with Crippen molar-refractivity contribution in [2.75, 3.05) is 18.1 Å². The molecule has 2 aliphatic rings. The summed E-state index contributed by atoms with van der Waals surface area (Å²) in [6, 6.07) is 2.93. The molecule has 152 valence electrons. The van der Waals surface area contributed by atoms with Crippen LogP contribution in [0.15, 0.2) is 29.5 Å². The molecular weight excluding hydrogens is 427 g/mol. The predicted molar refractivity (Wildman–Crippen MR) is 106 cm³/mol. The van der Waals surface area contributed by atoms with Crippen molar-refractivity contribution in [3.05, 3.63) is 45.1 Å². The fourth-order valence-corrected chi connectivity index (χ4v) is 5.84. The molecular formula is C18H20Cl2N2O5S. The summed E-state index contributed by atoms with van der Waals surface area (Å²) in [5.74, 6) is -0.724. The van der Waals surface area contributed by atoms with Crippen LogP contribution in [0.4, 0.5) is 4.79 Å². The van der Waals surface area contributed by atoms with Crippen molar-refractivity contribution in [1.29, 1.82) is 0 Å². The molecule has 2 heterocycles. The lowest BCUT2D eigenvalue weighted by molar-refractivity contribution is -0.139. The van der Waals surface area contributed by atoms with Gasteiger partial charge in [0.1, 0.15) is 0 Å². The summed E-state index contributed by atoms with van der Waals surface area (Å²) in [4.78, 5) is 26.9. The fraction of sp³-hybridized carbons (Fsp3) is 0.444. The van der Waals surface area contributed by atoms with E-state index in [-0.39, 0.29) is 23.7 Å². The van der Waals surface area contributed by atoms with E-state index in [1.165, 1.54) is 11.0 Å². The lowest BCUT2D eigenvalue weighted by atomic mass is 9.94. The third-order valence-electron chi connectivity index (χ3n) is 4.87. The van der Waals surface area contributed by atoms with E-state index in [9.17, 15) is 18.0 Å². The highest BCUT2D eigenvalue weighted by atomic mass is 35.5. The first-order valence-electron chi connectivity index (χ1n) is 8.77. The molecule has 7 nitrogen and oxygen atoms in total. The highest BCUT2D eigenvalue weighted by Crippen LogP contribution is 2.37. The number of halogens is 2. The van der Waals surface area contributed by atoms with E-state index in [0.29, 0.717) is 27.7 Å². The third-order valence-corrected chi connectivity index (χ3v) is 7.18. The van der Waals surface area contributed by atoms with E-state index < -0.39 is 33.9 Å². The predicted octanol–water partition coefficient (Wildman–Crippen LogP) is 3.08. The van der Waals surface area contributed by atoms with Gasteiger partial charge in [-0.15, -0.1) is 0 Å². The molecule has 28 heavy (non-hydrogen) atoms. The molecule has 2 atom stereocenters. The van der Waals surface area contributed by atoms with E-state index in [0.717, 1.165) is 0 Å². The van der Waals surface area contributed by atoms with Crippen molar-refractivity contribution < 1.29 is 22.7 Å². The lowest BCUT2D eigenvalue weighted by Gasteiger charge is -2.38. The van der Waals surface area contributed by atoms with Crippen molar-refractivity contribution in [2.45, 2.75) is 32.4 Å². The second-order valence-electron chi connectivity index (χ2n) is 6.69. The molecule has 1 aromatic rings. The van der Waals surface area contributed by atoms with Crippen LogP contribution in [-0.4, -0.2) is 49.5 Å². The molecule has 0 aliphatic carbocycles. The number of nitrogens with zero attached hydrogens (tertiary/aromatic N) is 1. The van der Waals surface area contributed by atoms with Gasteiger partial charge in [0.05, 0.1) is 35.8 Å². The maximum absolute atomic E-state index is 12.9. The Hall–Kier alpha value is -1.77. The standard InChI is InChI=1S/C18H20Cl2N2O5S/c1-3-27-17(23)15-10(2)22(12-6-7-28(25,26)9-12)18(24)21-16(15)13-5-4-11(19)8-14(13)20/h4-5,8,12,16H,3,6-7,9H2,1-2H3,(H,21,24)/t12-,16-/m1/s1. The maximum atomic E-state index is 12.9. The zero-order valence-electron chi connectivity index (χ0n) is 15.4. The summed E-state index contributed by atoms with van der Waals surface area (Å²) >= 11 is 12.3. The molecule has 10 heteroatoms. The number of hydrogen-bond donors (Lipinski definition) is 1. The average Bonchev–Trinajstić information content (AvgIpc) is 2.94. The number of amides is 2. The molecule has 2 amide bonds.